The van der Waals surface area contributed by atoms with Crippen LogP contribution in [0.5, 0.6) is 0 Å². The van der Waals surface area contributed by atoms with Crippen LogP contribution in [-0.4, -0.2) is 53.2 Å². The first-order valence-electron chi connectivity index (χ1n) is 8.48. The van der Waals surface area contributed by atoms with E-state index in [1.165, 1.54) is 4.90 Å². The fourth-order valence-electron chi connectivity index (χ4n) is 2.75. The number of hydrogen-bond donors (Lipinski definition) is 2. The molecule has 0 aliphatic carbocycles. The molecule has 1 aliphatic heterocycles. The quantitative estimate of drug-likeness (QED) is 0.783. The van der Waals surface area contributed by atoms with Crippen LogP contribution in [0.2, 0.25) is 0 Å². The van der Waals surface area contributed by atoms with E-state index in [9.17, 15) is 9.59 Å². The second-order valence-corrected chi connectivity index (χ2v) is 8.27. The molecule has 0 saturated carbocycles. The molecule has 23 heavy (non-hydrogen) atoms. The van der Waals surface area contributed by atoms with Gasteiger partial charge >= 0.3 is 6.09 Å². The third kappa shape index (κ3) is 6.47. The van der Waals surface area contributed by atoms with Gasteiger partial charge in [0, 0.05) is 17.1 Å². The summed E-state index contributed by atoms with van der Waals surface area (Å²) in [6.07, 6.45) is 1.26. The molecule has 1 saturated heterocycles. The normalized spacial score (nSPS) is 18.7. The summed E-state index contributed by atoms with van der Waals surface area (Å²) >= 11 is 0. The van der Waals surface area contributed by atoms with E-state index >= 15 is 0 Å². The summed E-state index contributed by atoms with van der Waals surface area (Å²) in [5.74, 6) is -0.211. The molecule has 1 aliphatic rings. The van der Waals surface area contributed by atoms with Gasteiger partial charge in [-0.05, 0) is 48.0 Å². The van der Waals surface area contributed by atoms with Gasteiger partial charge in [0.15, 0.2) is 0 Å². The number of amides is 2. The lowest BCUT2D eigenvalue weighted by molar-refractivity contribution is -0.131. The van der Waals surface area contributed by atoms with Crippen molar-refractivity contribution in [3.8, 4) is 0 Å². The number of nitrogens with one attached hydrogen (secondary N) is 2. The smallest absolute Gasteiger partial charge is 0.416 e. The molecule has 0 unspecified atom stereocenters. The molecule has 0 aromatic rings. The van der Waals surface area contributed by atoms with Gasteiger partial charge in [0.05, 0.1) is 6.54 Å². The van der Waals surface area contributed by atoms with E-state index in [1.54, 1.807) is 0 Å². The SMILES string of the molecule is CCC[C@H](NC(C)(C)C)[C@@H](NC(C)(C)C)C(=O)N1CCOC1=O. The predicted octanol–water partition coefficient (Wildman–Crippen LogP) is 2.28. The van der Waals surface area contributed by atoms with Crippen molar-refractivity contribution in [2.45, 2.75) is 84.5 Å². The van der Waals surface area contributed by atoms with E-state index in [1.807, 2.05) is 20.8 Å². The summed E-state index contributed by atoms with van der Waals surface area (Å²) in [6.45, 7) is 15.0. The van der Waals surface area contributed by atoms with E-state index in [-0.39, 0.29) is 29.6 Å². The Balaban J connectivity index is 3.04. The van der Waals surface area contributed by atoms with Crippen molar-refractivity contribution in [1.82, 2.24) is 15.5 Å². The highest BCUT2D eigenvalue weighted by Crippen LogP contribution is 2.16. The van der Waals surface area contributed by atoms with Gasteiger partial charge in [0.2, 0.25) is 0 Å². The van der Waals surface area contributed by atoms with E-state index in [4.69, 9.17) is 4.74 Å². The molecule has 2 N–H and O–H groups in total. The van der Waals surface area contributed by atoms with Crippen LogP contribution < -0.4 is 10.6 Å². The highest BCUT2D eigenvalue weighted by atomic mass is 16.6. The van der Waals surface area contributed by atoms with E-state index in [2.05, 4.69) is 38.3 Å². The standard InChI is InChI=1S/C17H33N3O3/c1-8-9-12(18-16(2,3)4)13(19-17(5,6)7)14(21)20-10-11-23-15(20)22/h12-13,18-19H,8-11H2,1-7H3/t12-,13+/m0/s1. The minimum atomic E-state index is -0.540. The number of cyclic esters (lactones) is 1. The second-order valence-electron chi connectivity index (χ2n) is 8.27. The molecule has 0 spiro atoms. The van der Waals surface area contributed by atoms with Crippen LogP contribution in [0.4, 0.5) is 4.79 Å². The summed E-state index contributed by atoms with van der Waals surface area (Å²) in [6, 6.07) is -0.528. The largest absolute Gasteiger partial charge is 0.447 e. The van der Waals surface area contributed by atoms with Gasteiger partial charge in [-0.15, -0.1) is 0 Å². The maximum absolute atomic E-state index is 13.0. The molecule has 6 heteroatoms. The van der Waals surface area contributed by atoms with E-state index < -0.39 is 12.1 Å². The van der Waals surface area contributed by atoms with Crippen molar-refractivity contribution in [3.63, 3.8) is 0 Å². The third-order valence-electron chi connectivity index (χ3n) is 3.50. The molecule has 0 radical (unpaired) electrons. The Hall–Kier alpha value is -1.14. The number of carbonyl (C=O) groups excluding carboxylic acids is 2. The Morgan fingerprint density at radius 3 is 2.13 bits per heavy atom. The van der Waals surface area contributed by atoms with Crippen LogP contribution in [0.25, 0.3) is 0 Å². The molecule has 134 valence electrons. The maximum Gasteiger partial charge on any atom is 0.416 e. The first-order valence-corrected chi connectivity index (χ1v) is 8.48. The maximum atomic E-state index is 13.0. The van der Waals surface area contributed by atoms with Crippen molar-refractivity contribution >= 4 is 12.0 Å². The Bertz CT molecular complexity index is 424. The minimum Gasteiger partial charge on any atom is -0.447 e. The van der Waals surface area contributed by atoms with Crippen molar-refractivity contribution < 1.29 is 14.3 Å². The highest BCUT2D eigenvalue weighted by molar-refractivity contribution is 5.96. The zero-order valence-electron chi connectivity index (χ0n) is 15.7. The van der Waals surface area contributed by atoms with Gasteiger partial charge in [-0.2, -0.15) is 0 Å². The molecule has 6 nitrogen and oxygen atoms in total. The zero-order chi connectivity index (χ0) is 17.8. The highest BCUT2D eigenvalue weighted by Gasteiger charge is 2.39. The van der Waals surface area contributed by atoms with Gasteiger partial charge in [-0.25, -0.2) is 9.69 Å². The Kier molecular flexibility index (Phi) is 6.59. The van der Waals surface area contributed by atoms with Crippen LogP contribution >= 0.6 is 0 Å². The Labute approximate surface area is 140 Å². The summed E-state index contributed by atoms with van der Waals surface area (Å²) < 4.78 is 4.93. The van der Waals surface area contributed by atoms with Crippen LogP contribution in [-0.2, 0) is 9.53 Å². The van der Waals surface area contributed by atoms with Crippen molar-refractivity contribution in [1.29, 1.82) is 0 Å². The molecule has 1 fully saturated rings. The number of carbonyl (C=O) groups is 2. The average Bonchev–Trinajstić information content (AvgIpc) is 2.78. The van der Waals surface area contributed by atoms with Crippen LogP contribution in [0.3, 0.4) is 0 Å². The lowest BCUT2D eigenvalue weighted by atomic mass is 9.95. The third-order valence-corrected chi connectivity index (χ3v) is 3.50. The van der Waals surface area contributed by atoms with Gasteiger partial charge in [-0.1, -0.05) is 13.3 Å². The molecule has 0 aromatic carbocycles. The number of ether oxygens (including phenoxy) is 1. The molecule has 1 rings (SSSR count). The molecular formula is C17H33N3O3. The van der Waals surface area contributed by atoms with Gasteiger partial charge in [0.25, 0.3) is 5.91 Å². The summed E-state index contributed by atoms with van der Waals surface area (Å²) in [7, 11) is 0. The zero-order valence-corrected chi connectivity index (χ0v) is 15.7. The molecule has 2 atom stereocenters. The van der Waals surface area contributed by atoms with E-state index in [0.717, 1.165) is 12.8 Å². The lowest BCUT2D eigenvalue weighted by Gasteiger charge is -2.38. The Morgan fingerprint density at radius 1 is 1.17 bits per heavy atom. The monoisotopic (exact) mass is 327 g/mol. The minimum absolute atomic E-state index is 0.0554. The summed E-state index contributed by atoms with van der Waals surface area (Å²) in [5, 5.41) is 6.94. The van der Waals surface area contributed by atoms with Gasteiger partial charge in [0.1, 0.15) is 12.6 Å². The Morgan fingerprint density at radius 2 is 1.74 bits per heavy atom. The topological polar surface area (TPSA) is 70.7 Å². The fourth-order valence-corrected chi connectivity index (χ4v) is 2.75. The molecule has 2 amide bonds. The van der Waals surface area contributed by atoms with Crippen molar-refractivity contribution in [3.05, 3.63) is 0 Å². The summed E-state index contributed by atoms with van der Waals surface area (Å²) in [5.41, 5.74) is -0.362. The number of hydrogen-bond acceptors (Lipinski definition) is 5. The van der Waals surface area contributed by atoms with Gasteiger partial charge < -0.3 is 10.1 Å². The number of imide groups is 1. The summed E-state index contributed by atoms with van der Waals surface area (Å²) in [4.78, 5) is 26.0. The number of nitrogens with zero attached hydrogens (tertiary/aromatic N) is 1. The average molecular weight is 327 g/mol. The molecular weight excluding hydrogens is 294 g/mol. The second kappa shape index (κ2) is 7.62. The lowest BCUT2D eigenvalue weighted by Crippen LogP contribution is -2.63. The first kappa shape index (κ1) is 19.9. The fraction of sp³-hybridized carbons (Fsp3) is 0.882. The van der Waals surface area contributed by atoms with Crippen molar-refractivity contribution in [2.75, 3.05) is 13.2 Å². The van der Waals surface area contributed by atoms with Gasteiger partial charge in [-0.3, -0.25) is 10.1 Å². The number of rotatable bonds is 6. The molecule has 0 aromatic heterocycles. The predicted molar refractivity (Wildman–Crippen MR) is 91.3 cm³/mol. The first-order chi connectivity index (χ1) is 10.4. The van der Waals surface area contributed by atoms with E-state index in [0.29, 0.717) is 6.54 Å². The van der Waals surface area contributed by atoms with Crippen LogP contribution in [0.15, 0.2) is 0 Å². The van der Waals surface area contributed by atoms with Crippen LogP contribution in [0.1, 0.15) is 61.3 Å². The van der Waals surface area contributed by atoms with Crippen molar-refractivity contribution in [2.24, 2.45) is 0 Å². The van der Waals surface area contributed by atoms with Crippen LogP contribution in [0, 0.1) is 0 Å². The molecule has 0 bridgehead atoms. The molecule has 1 heterocycles.